The largest absolute Gasteiger partial charge is 0.337 e. The molecule has 0 saturated heterocycles. The molecule has 0 unspecified atom stereocenters. The van der Waals surface area contributed by atoms with Crippen molar-refractivity contribution in [3.63, 3.8) is 0 Å². The van der Waals surface area contributed by atoms with Crippen molar-refractivity contribution in [3.05, 3.63) is 100 Å². The summed E-state index contributed by atoms with van der Waals surface area (Å²) in [4.78, 5) is 12.4. The number of hydrogen-bond acceptors (Lipinski definition) is 1. The number of nitrogens with one attached hydrogen (secondary N) is 2. The molecule has 2 N–H and O–H groups in total. The summed E-state index contributed by atoms with van der Waals surface area (Å²) in [5.74, 6) is 0.106. The minimum absolute atomic E-state index is 0.106. The number of halogens is 1. The van der Waals surface area contributed by atoms with Crippen LogP contribution in [-0.2, 0) is 0 Å². The summed E-state index contributed by atoms with van der Waals surface area (Å²) in [5, 5.41) is 5.93. The second-order valence-corrected chi connectivity index (χ2v) is 7.08. The van der Waals surface area contributed by atoms with Gasteiger partial charge in [-0.15, -0.1) is 0 Å². The number of carbonyl (C=O) groups is 1. The molecule has 26 heavy (non-hydrogen) atoms. The number of carbonyl (C=O) groups excluding carboxylic acids is 1. The van der Waals surface area contributed by atoms with Crippen molar-refractivity contribution < 1.29 is 4.79 Å². The van der Waals surface area contributed by atoms with E-state index in [4.69, 9.17) is 0 Å². The van der Waals surface area contributed by atoms with Gasteiger partial charge in [-0.3, -0.25) is 0 Å². The molecule has 0 radical (unpaired) electrons. The Bertz CT molecular complexity index is 826. The summed E-state index contributed by atoms with van der Waals surface area (Å²) >= 11 is 3.44. The van der Waals surface area contributed by atoms with Crippen LogP contribution in [0.1, 0.15) is 22.6 Å². The van der Waals surface area contributed by atoms with Gasteiger partial charge in [0.25, 0.3) is 0 Å². The maximum atomic E-state index is 12.4. The van der Waals surface area contributed by atoms with E-state index in [-0.39, 0.29) is 11.9 Å². The average Bonchev–Trinajstić information content (AvgIpc) is 2.66. The van der Waals surface area contributed by atoms with E-state index in [9.17, 15) is 4.79 Å². The lowest BCUT2D eigenvalue weighted by Gasteiger charge is -2.19. The van der Waals surface area contributed by atoms with Gasteiger partial charge in [0.05, 0.1) is 0 Å². The van der Waals surface area contributed by atoms with E-state index in [1.807, 2.05) is 61.5 Å². The zero-order valence-electron chi connectivity index (χ0n) is 14.6. The van der Waals surface area contributed by atoms with Crippen LogP contribution >= 0.6 is 15.9 Å². The number of anilines is 1. The van der Waals surface area contributed by atoms with Gasteiger partial charge in [0, 0.05) is 22.6 Å². The highest BCUT2D eigenvalue weighted by atomic mass is 79.9. The molecule has 0 aliphatic rings. The van der Waals surface area contributed by atoms with Gasteiger partial charge >= 0.3 is 6.03 Å². The Balaban J connectivity index is 1.71. The summed E-state index contributed by atoms with van der Waals surface area (Å²) in [5.41, 5.74) is 4.18. The Morgan fingerprint density at radius 1 is 0.923 bits per heavy atom. The first kappa shape index (κ1) is 18.2. The first-order valence-electron chi connectivity index (χ1n) is 8.54. The van der Waals surface area contributed by atoms with Crippen LogP contribution < -0.4 is 10.6 Å². The Labute approximate surface area is 162 Å². The number of rotatable bonds is 5. The van der Waals surface area contributed by atoms with E-state index in [2.05, 4.69) is 50.8 Å². The molecule has 0 aliphatic carbocycles. The van der Waals surface area contributed by atoms with Crippen LogP contribution in [0.3, 0.4) is 0 Å². The Hall–Kier alpha value is -2.59. The molecular weight excluding hydrogens is 388 g/mol. The summed E-state index contributed by atoms with van der Waals surface area (Å²) in [6, 6.07) is 26.1. The highest BCUT2D eigenvalue weighted by Gasteiger charge is 2.15. The summed E-state index contributed by atoms with van der Waals surface area (Å²) in [6.45, 7) is 2.49. The molecule has 0 fully saturated rings. The maximum absolute atomic E-state index is 12.4. The first-order chi connectivity index (χ1) is 12.6. The highest BCUT2D eigenvalue weighted by molar-refractivity contribution is 9.10. The molecule has 0 aliphatic heterocycles. The lowest BCUT2D eigenvalue weighted by atomic mass is 9.91. The molecule has 3 nitrogen and oxygen atoms in total. The van der Waals surface area contributed by atoms with Gasteiger partial charge < -0.3 is 10.6 Å². The van der Waals surface area contributed by atoms with E-state index in [1.165, 1.54) is 11.1 Å². The molecule has 0 heterocycles. The first-order valence-corrected chi connectivity index (χ1v) is 9.33. The standard InChI is InChI=1S/C22H21BrN2O/c1-16-14-19(23)12-13-21(16)25-22(26)24-15-20(17-8-4-2-5-9-17)18-10-6-3-7-11-18/h2-14,20H,15H2,1H3,(H2,24,25,26). The van der Waals surface area contributed by atoms with Gasteiger partial charge in [0.1, 0.15) is 0 Å². The van der Waals surface area contributed by atoms with Crippen LogP contribution in [0.2, 0.25) is 0 Å². The van der Waals surface area contributed by atoms with Crippen molar-refractivity contribution in [2.45, 2.75) is 12.8 Å². The zero-order valence-corrected chi connectivity index (χ0v) is 16.2. The third kappa shape index (κ3) is 4.73. The Morgan fingerprint density at radius 3 is 2.04 bits per heavy atom. The lowest BCUT2D eigenvalue weighted by molar-refractivity contribution is 0.252. The predicted molar refractivity (Wildman–Crippen MR) is 111 cm³/mol. The third-order valence-electron chi connectivity index (χ3n) is 4.31. The second-order valence-electron chi connectivity index (χ2n) is 6.17. The molecule has 4 heteroatoms. The van der Waals surface area contributed by atoms with Gasteiger partial charge in [-0.25, -0.2) is 4.79 Å². The molecule has 3 aromatic carbocycles. The number of aryl methyl sites for hydroxylation is 1. The normalized spacial score (nSPS) is 10.6. The Kier molecular flexibility index (Phi) is 6.08. The summed E-state index contributed by atoms with van der Waals surface area (Å²) in [6.07, 6.45) is 0. The fraction of sp³-hybridized carbons (Fsp3) is 0.136. The molecule has 3 aromatic rings. The smallest absolute Gasteiger partial charge is 0.319 e. The molecule has 3 rings (SSSR count). The van der Waals surface area contributed by atoms with Gasteiger partial charge in [-0.05, 0) is 41.8 Å². The Morgan fingerprint density at radius 2 is 1.50 bits per heavy atom. The molecule has 0 aromatic heterocycles. The molecule has 132 valence electrons. The van der Waals surface area contributed by atoms with E-state index in [1.54, 1.807) is 0 Å². The number of hydrogen-bond donors (Lipinski definition) is 2. The summed E-state index contributed by atoms with van der Waals surface area (Å²) in [7, 11) is 0. The minimum Gasteiger partial charge on any atom is -0.337 e. The fourth-order valence-corrected chi connectivity index (χ4v) is 3.40. The number of amides is 2. The van der Waals surface area contributed by atoms with Crippen molar-refractivity contribution in [3.8, 4) is 0 Å². The predicted octanol–water partition coefficient (Wildman–Crippen LogP) is 5.71. The molecule has 2 amide bonds. The van der Waals surface area contributed by atoms with Crippen LogP contribution in [0.15, 0.2) is 83.3 Å². The second kappa shape index (κ2) is 8.68. The molecule has 0 atom stereocenters. The topological polar surface area (TPSA) is 41.1 Å². The van der Waals surface area contributed by atoms with Crippen molar-refractivity contribution in [1.29, 1.82) is 0 Å². The van der Waals surface area contributed by atoms with Gasteiger partial charge in [0.2, 0.25) is 0 Å². The van der Waals surface area contributed by atoms with Crippen LogP contribution in [0.5, 0.6) is 0 Å². The van der Waals surface area contributed by atoms with E-state index in [0.717, 1.165) is 15.7 Å². The number of benzene rings is 3. The molecule has 0 bridgehead atoms. The van der Waals surface area contributed by atoms with E-state index < -0.39 is 0 Å². The fourth-order valence-electron chi connectivity index (χ4n) is 2.93. The lowest BCUT2D eigenvalue weighted by Crippen LogP contribution is -2.33. The van der Waals surface area contributed by atoms with Gasteiger partial charge in [0.15, 0.2) is 0 Å². The quantitative estimate of drug-likeness (QED) is 0.557. The average molecular weight is 409 g/mol. The van der Waals surface area contributed by atoms with Crippen molar-refractivity contribution >= 4 is 27.6 Å². The molecular formula is C22H21BrN2O. The minimum atomic E-state index is -0.202. The van der Waals surface area contributed by atoms with Crippen LogP contribution in [0.4, 0.5) is 10.5 Å². The number of urea groups is 1. The summed E-state index contributed by atoms with van der Waals surface area (Å²) < 4.78 is 0.995. The van der Waals surface area contributed by atoms with Gasteiger partial charge in [-0.1, -0.05) is 76.6 Å². The SMILES string of the molecule is Cc1cc(Br)ccc1NC(=O)NCC(c1ccccc1)c1ccccc1. The van der Waals surface area contributed by atoms with Crippen molar-refractivity contribution in [1.82, 2.24) is 5.32 Å². The van der Waals surface area contributed by atoms with E-state index >= 15 is 0 Å². The van der Waals surface area contributed by atoms with Crippen LogP contribution in [-0.4, -0.2) is 12.6 Å². The molecule has 0 saturated carbocycles. The third-order valence-corrected chi connectivity index (χ3v) is 4.80. The van der Waals surface area contributed by atoms with Crippen molar-refractivity contribution in [2.75, 3.05) is 11.9 Å². The van der Waals surface area contributed by atoms with Crippen LogP contribution in [0, 0.1) is 6.92 Å². The monoisotopic (exact) mass is 408 g/mol. The molecule has 0 spiro atoms. The van der Waals surface area contributed by atoms with Crippen LogP contribution in [0.25, 0.3) is 0 Å². The highest BCUT2D eigenvalue weighted by Crippen LogP contribution is 2.24. The van der Waals surface area contributed by atoms with E-state index in [0.29, 0.717) is 6.54 Å². The maximum Gasteiger partial charge on any atom is 0.319 e. The van der Waals surface area contributed by atoms with Crippen molar-refractivity contribution in [2.24, 2.45) is 0 Å². The zero-order chi connectivity index (χ0) is 18.4. The van der Waals surface area contributed by atoms with Gasteiger partial charge in [-0.2, -0.15) is 0 Å².